The molecular formula is C24H34N2O2. The van der Waals surface area contributed by atoms with E-state index < -0.39 is 0 Å². The molecule has 0 aliphatic heterocycles. The van der Waals surface area contributed by atoms with Crippen molar-refractivity contribution in [2.45, 2.75) is 38.5 Å². The van der Waals surface area contributed by atoms with E-state index in [2.05, 4.69) is 41.0 Å². The maximum absolute atomic E-state index is 9.55. The van der Waals surface area contributed by atoms with Crippen LogP contribution in [0.2, 0.25) is 0 Å². The molecule has 0 bridgehead atoms. The van der Waals surface area contributed by atoms with E-state index in [4.69, 9.17) is 0 Å². The number of benzene rings is 2. The molecule has 0 heterocycles. The van der Waals surface area contributed by atoms with Crippen molar-refractivity contribution in [1.82, 2.24) is 10.6 Å². The Morgan fingerprint density at radius 3 is 1.82 bits per heavy atom. The zero-order chi connectivity index (χ0) is 19.6. The van der Waals surface area contributed by atoms with Crippen LogP contribution in [0.1, 0.15) is 36.8 Å². The molecule has 4 heteroatoms. The molecular weight excluding hydrogens is 348 g/mol. The van der Waals surface area contributed by atoms with E-state index in [9.17, 15) is 10.2 Å². The Balaban J connectivity index is 1.22. The standard InChI is InChI=1S/C24H34N2O2/c27-23-11-10-20(16-24(23)28)13-15-26-18-22-8-6-21(7-9-22)17-25-14-12-19-4-2-1-3-5-19/h1-5,10-11,16,21-22,25-28H,6-9,12-15,17-18H2/t21-,22-. The summed E-state index contributed by atoms with van der Waals surface area (Å²) < 4.78 is 0. The Hall–Kier alpha value is -2.04. The predicted octanol–water partition coefficient (Wildman–Crippen LogP) is 3.87. The molecule has 152 valence electrons. The van der Waals surface area contributed by atoms with E-state index >= 15 is 0 Å². The fraction of sp³-hybridized carbons (Fsp3) is 0.500. The first-order valence-electron chi connectivity index (χ1n) is 10.7. The van der Waals surface area contributed by atoms with Crippen LogP contribution in [-0.2, 0) is 12.8 Å². The molecule has 0 aromatic heterocycles. The molecule has 0 atom stereocenters. The van der Waals surface area contributed by atoms with Gasteiger partial charge in [0.1, 0.15) is 0 Å². The second kappa shape index (κ2) is 11.1. The normalized spacial score (nSPS) is 19.6. The third kappa shape index (κ3) is 6.84. The Bertz CT molecular complexity index is 697. The van der Waals surface area contributed by atoms with Gasteiger partial charge >= 0.3 is 0 Å². The fourth-order valence-electron chi connectivity index (χ4n) is 4.09. The summed E-state index contributed by atoms with van der Waals surface area (Å²) in [5, 5.41) is 26.1. The van der Waals surface area contributed by atoms with Crippen LogP contribution < -0.4 is 10.6 Å². The molecule has 0 amide bonds. The lowest BCUT2D eigenvalue weighted by Crippen LogP contribution is -2.31. The lowest BCUT2D eigenvalue weighted by molar-refractivity contribution is 0.262. The maximum Gasteiger partial charge on any atom is 0.157 e. The molecule has 1 saturated carbocycles. The average Bonchev–Trinajstić information content (AvgIpc) is 2.73. The number of nitrogens with one attached hydrogen (secondary N) is 2. The largest absolute Gasteiger partial charge is 0.504 e. The van der Waals surface area contributed by atoms with E-state index in [1.807, 2.05) is 6.07 Å². The molecule has 1 aliphatic carbocycles. The SMILES string of the molecule is Oc1ccc(CCNC[C@H]2CC[C@H](CNCCc3ccccc3)CC2)cc1O. The number of phenols is 2. The van der Waals surface area contributed by atoms with E-state index in [0.717, 1.165) is 56.4 Å². The maximum atomic E-state index is 9.55. The van der Waals surface area contributed by atoms with Crippen LogP contribution in [0.15, 0.2) is 48.5 Å². The van der Waals surface area contributed by atoms with E-state index in [1.54, 1.807) is 12.1 Å². The molecule has 0 spiro atoms. The molecule has 3 rings (SSSR count). The van der Waals surface area contributed by atoms with Gasteiger partial charge in [-0.15, -0.1) is 0 Å². The minimum Gasteiger partial charge on any atom is -0.504 e. The Kier molecular flexibility index (Phi) is 8.19. The molecule has 4 nitrogen and oxygen atoms in total. The average molecular weight is 383 g/mol. The summed E-state index contributed by atoms with van der Waals surface area (Å²) in [6, 6.07) is 15.8. The summed E-state index contributed by atoms with van der Waals surface area (Å²) >= 11 is 0. The van der Waals surface area contributed by atoms with Gasteiger partial charge in [-0.3, -0.25) is 0 Å². The number of hydrogen-bond acceptors (Lipinski definition) is 4. The Labute approximate surface area is 169 Å². The van der Waals surface area contributed by atoms with Crippen LogP contribution in [0.25, 0.3) is 0 Å². The van der Waals surface area contributed by atoms with Crippen LogP contribution in [0.5, 0.6) is 11.5 Å². The first-order chi connectivity index (χ1) is 13.7. The summed E-state index contributed by atoms with van der Waals surface area (Å²) in [6.45, 7) is 4.21. The first-order valence-corrected chi connectivity index (χ1v) is 10.7. The monoisotopic (exact) mass is 382 g/mol. The van der Waals surface area contributed by atoms with Gasteiger partial charge in [0, 0.05) is 0 Å². The van der Waals surface area contributed by atoms with Crippen molar-refractivity contribution in [2.24, 2.45) is 11.8 Å². The summed E-state index contributed by atoms with van der Waals surface area (Å²) in [6.07, 6.45) is 7.27. The fourth-order valence-corrected chi connectivity index (χ4v) is 4.09. The van der Waals surface area contributed by atoms with Gasteiger partial charge in [-0.05, 0) is 99.8 Å². The molecule has 28 heavy (non-hydrogen) atoms. The minimum absolute atomic E-state index is 0.0341. The van der Waals surface area contributed by atoms with Crippen molar-refractivity contribution in [2.75, 3.05) is 26.2 Å². The van der Waals surface area contributed by atoms with E-state index in [1.165, 1.54) is 31.2 Å². The smallest absolute Gasteiger partial charge is 0.157 e. The van der Waals surface area contributed by atoms with Crippen molar-refractivity contribution < 1.29 is 10.2 Å². The first kappa shape index (κ1) is 20.7. The second-order valence-corrected chi connectivity index (χ2v) is 8.10. The molecule has 1 aliphatic rings. The highest BCUT2D eigenvalue weighted by Crippen LogP contribution is 2.28. The summed E-state index contributed by atoms with van der Waals surface area (Å²) in [5.74, 6) is 1.53. The molecule has 4 N–H and O–H groups in total. The third-order valence-corrected chi connectivity index (χ3v) is 5.90. The van der Waals surface area contributed by atoms with E-state index in [0.29, 0.717) is 0 Å². The molecule has 2 aromatic rings. The van der Waals surface area contributed by atoms with Gasteiger partial charge < -0.3 is 20.8 Å². The molecule has 0 saturated heterocycles. The molecule has 0 radical (unpaired) electrons. The lowest BCUT2D eigenvalue weighted by Gasteiger charge is -2.29. The van der Waals surface area contributed by atoms with Gasteiger partial charge in [0.05, 0.1) is 0 Å². The summed E-state index contributed by atoms with van der Waals surface area (Å²) in [7, 11) is 0. The number of aromatic hydroxyl groups is 2. The number of rotatable bonds is 10. The van der Waals surface area contributed by atoms with Crippen molar-refractivity contribution in [3.05, 3.63) is 59.7 Å². The molecule has 1 fully saturated rings. The van der Waals surface area contributed by atoms with Crippen molar-refractivity contribution in [1.29, 1.82) is 0 Å². The van der Waals surface area contributed by atoms with Gasteiger partial charge in [-0.25, -0.2) is 0 Å². The van der Waals surface area contributed by atoms with Gasteiger partial charge in [-0.1, -0.05) is 36.4 Å². The van der Waals surface area contributed by atoms with Gasteiger partial charge in [-0.2, -0.15) is 0 Å². The quantitative estimate of drug-likeness (QED) is 0.372. The van der Waals surface area contributed by atoms with Crippen LogP contribution in [-0.4, -0.2) is 36.4 Å². The highest BCUT2D eigenvalue weighted by Gasteiger charge is 2.20. The van der Waals surface area contributed by atoms with Crippen molar-refractivity contribution in [3.8, 4) is 11.5 Å². The Morgan fingerprint density at radius 2 is 1.25 bits per heavy atom. The van der Waals surface area contributed by atoms with Crippen LogP contribution in [0.4, 0.5) is 0 Å². The Morgan fingerprint density at radius 1 is 0.679 bits per heavy atom. The van der Waals surface area contributed by atoms with Gasteiger partial charge in [0.15, 0.2) is 11.5 Å². The molecule has 0 unspecified atom stereocenters. The second-order valence-electron chi connectivity index (χ2n) is 8.10. The van der Waals surface area contributed by atoms with Gasteiger partial charge in [0.2, 0.25) is 0 Å². The number of phenolic OH excluding ortho intramolecular Hbond substituents is 2. The van der Waals surface area contributed by atoms with Crippen LogP contribution in [0, 0.1) is 11.8 Å². The zero-order valence-electron chi connectivity index (χ0n) is 16.7. The van der Waals surface area contributed by atoms with Crippen molar-refractivity contribution >= 4 is 0 Å². The summed E-state index contributed by atoms with van der Waals surface area (Å²) in [4.78, 5) is 0. The highest BCUT2D eigenvalue weighted by molar-refractivity contribution is 5.40. The van der Waals surface area contributed by atoms with Gasteiger partial charge in [0.25, 0.3) is 0 Å². The van der Waals surface area contributed by atoms with Crippen LogP contribution in [0.3, 0.4) is 0 Å². The minimum atomic E-state index is -0.0528. The van der Waals surface area contributed by atoms with E-state index in [-0.39, 0.29) is 11.5 Å². The number of hydrogen-bond donors (Lipinski definition) is 4. The molecule has 2 aromatic carbocycles. The summed E-state index contributed by atoms with van der Waals surface area (Å²) in [5.41, 5.74) is 2.46. The zero-order valence-corrected chi connectivity index (χ0v) is 16.7. The highest BCUT2D eigenvalue weighted by atomic mass is 16.3. The topological polar surface area (TPSA) is 64.5 Å². The predicted molar refractivity (Wildman–Crippen MR) is 115 cm³/mol. The van der Waals surface area contributed by atoms with Crippen molar-refractivity contribution in [3.63, 3.8) is 0 Å². The lowest BCUT2D eigenvalue weighted by atomic mass is 9.82. The third-order valence-electron chi connectivity index (χ3n) is 5.90. The van der Waals surface area contributed by atoms with Crippen LogP contribution >= 0.6 is 0 Å².